The van der Waals surface area contributed by atoms with Gasteiger partial charge in [-0.1, -0.05) is 25.5 Å². The largest absolute Gasteiger partial charge is 0.352 e. The van der Waals surface area contributed by atoms with Gasteiger partial charge in [-0.05, 0) is 30.4 Å². The lowest BCUT2D eigenvalue weighted by Crippen LogP contribution is -2.37. The Kier molecular flexibility index (Phi) is 3.44. The summed E-state index contributed by atoms with van der Waals surface area (Å²) in [6, 6.07) is 4.28. The Morgan fingerprint density at radius 3 is 2.88 bits per heavy atom. The van der Waals surface area contributed by atoms with Gasteiger partial charge in [0, 0.05) is 16.8 Å². The second-order valence-electron chi connectivity index (χ2n) is 4.39. The van der Waals surface area contributed by atoms with Gasteiger partial charge in [0.25, 0.3) is 0 Å². The molecule has 1 aromatic heterocycles. The van der Waals surface area contributed by atoms with E-state index in [-0.39, 0.29) is 11.3 Å². The normalized spacial score (nSPS) is 18.2. The second kappa shape index (κ2) is 4.83. The maximum absolute atomic E-state index is 11.3. The predicted molar refractivity (Wildman–Crippen MR) is 67.7 cm³/mol. The first-order valence-corrected chi connectivity index (χ1v) is 6.59. The van der Waals surface area contributed by atoms with E-state index in [2.05, 4.69) is 29.4 Å². The monoisotopic (exact) mass is 235 g/mol. The third-order valence-corrected chi connectivity index (χ3v) is 4.51. The van der Waals surface area contributed by atoms with Crippen molar-refractivity contribution in [3.05, 3.63) is 35.0 Å². The van der Waals surface area contributed by atoms with Crippen LogP contribution in [0.25, 0.3) is 0 Å². The first-order chi connectivity index (χ1) is 7.77. The van der Waals surface area contributed by atoms with Crippen molar-refractivity contribution in [2.45, 2.75) is 31.1 Å². The first kappa shape index (κ1) is 11.4. The molecule has 2 nitrogen and oxygen atoms in total. The Bertz CT molecular complexity index is 363. The minimum Gasteiger partial charge on any atom is -0.352 e. The topological polar surface area (TPSA) is 29.1 Å². The van der Waals surface area contributed by atoms with Crippen LogP contribution >= 0.6 is 11.3 Å². The van der Waals surface area contributed by atoms with Gasteiger partial charge in [0.05, 0.1) is 0 Å². The zero-order valence-electron chi connectivity index (χ0n) is 9.37. The van der Waals surface area contributed by atoms with Crippen LogP contribution in [0.3, 0.4) is 0 Å². The van der Waals surface area contributed by atoms with Gasteiger partial charge in [-0.3, -0.25) is 4.79 Å². The summed E-state index contributed by atoms with van der Waals surface area (Å²) in [5.41, 5.74) is 0.187. The van der Waals surface area contributed by atoms with Crippen LogP contribution in [0, 0.1) is 0 Å². The summed E-state index contributed by atoms with van der Waals surface area (Å²) in [5, 5.41) is 5.07. The summed E-state index contributed by atoms with van der Waals surface area (Å²) >= 11 is 1.80. The van der Waals surface area contributed by atoms with Crippen LogP contribution in [0.4, 0.5) is 0 Å². The van der Waals surface area contributed by atoms with Crippen LogP contribution in [0.15, 0.2) is 30.2 Å². The van der Waals surface area contributed by atoms with E-state index >= 15 is 0 Å². The van der Waals surface area contributed by atoms with Crippen molar-refractivity contribution < 1.29 is 4.79 Å². The highest BCUT2D eigenvalue weighted by molar-refractivity contribution is 7.10. The molecular formula is C13H17NOS. The van der Waals surface area contributed by atoms with E-state index in [0.29, 0.717) is 0 Å². The molecule has 0 unspecified atom stereocenters. The second-order valence-corrected chi connectivity index (χ2v) is 5.33. The van der Waals surface area contributed by atoms with Gasteiger partial charge in [0.15, 0.2) is 0 Å². The van der Waals surface area contributed by atoms with E-state index in [0.717, 1.165) is 6.54 Å². The molecule has 0 aromatic carbocycles. The molecule has 1 aliphatic carbocycles. The van der Waals surface area contributed by atoms with Crippen LogP contribution < -0.4 is 5.32 Å². The Morgan fingerprint density at radius 2 is 2.31 bits per heavy atom. The summed E-state index contributed by atoms with van der Waals surface area (Å²) in [5.74, 6) is -0.0668. The predicted octanol–water partition coefficient (Wildman–Crippen LogP) is 2.86. The maximum Gasteiger partial charge on any atom is 0.243 e. The van der Waals surface area contributed by atoms with E-state index in [1.54, 1.807) is 11.3 Å². The zero-order valence-corrected chi connectivity index (χ0v) is 10.2. The Morgan fingerprint density at radius 1 is 1.56 bits per heavy atom. The van der Waals surface area contributed by atoms with Crippen LogP contribution in [0.1, 0.15) is 30.6 Å². The van der Waals surface area contributed by atoms with E-state index in [9.17, 15) is 4.79 Å². The lowest BCUT2D eigenvalue weighted by atomic mass is 9.84. The van der Waals surface area contributed by atoms with Gasteiger partial charge in [-0.25, -0.2) is 0 Å². The van der Waals surface area contributed by atoms with Crippen LogP contribution in [-0.4, -0.2) is 12.5 Å². The molecule has 1 aromatic rings. The van der Waals surface area contributed by atoms with Crippen molar-refractivity contribution in [1.29, 1.82) is 0 Å². The third-order valence-electron chi connectivity index (χ3n) is 3.39. The zero-order chi connectivity index (χ0) is 11.4. The average Bonchev–Trinajstić information content (AvgIpc) is 2.96. The Labute approximate surface area is 100 Å². The van der Waals surface area contributed by atoms with Gasteiger partial charge < -0.3 is 5.32 Å². The van der Waals surface area contributed by atoms with Crippen molar-refractivity contribution >= 4 is 17.2 Å². The minimum absolute atomic E-state index is 0.0668. The smallest absolute Gasteiger partial charge is 0.243 e. The van der Waals surface area contributed by atoms with Crippen LogP contribution in [0.5, 0.6) is 0 Å². The number of nitrogens with one attached hydrogen (secondary N) is 1. The molecule has 0 radical (unpaired) electrons. The van der Waals surface area contributed by atoms with Gasteiger partial charge in [0.2, 0.25) is 5.91 Å². The molecule has 1 saturated carbocycles. The molecular weight excluding hydrogens is 218 g/mol. The fraction of sp³-hybridized carbons (Fsp3) is 0.462. The number of hydrogen-bond donors (Lipinski definition) is 1. The molecule has 0 bridgehead atoms. The van der Waals surface area contributed by atoms with Crippen molar-refractivity contribution in [1.82, 2.24) is 5.32 Å². The number of rotatable bonds is 4. The summed E-state index contributed by atoms with van der Waals surface area (Å²) in [6.07, 6.45) is 6.25. The molecule has 1 N–H and O–H groups in total. The number of thiophene rings is 1. The molecule has 2 rings (SSSR count). The Hall–Kier alpha value is -1.09. The van der Waals surface area contributed by atoms with Crippen molar-refractivity contribution in [2.75, 3.05) is 6.54 Å². The highest BCUT2D eigenvalue weighted by atomic mass is 32.1. The van der Waals surface area contributed by atoms with Crippen molar-refractivity contribution in [2.24, 2.45) is 0 Å². The van der Waals surface area contributed by atoms with Gasteiger partial charge in [-0.2, -0.15) is 0 Å². The molecule has 0 aliphatic heterocycles. The van der Waals surface area contributed by atoms with Crippen molar-refractivity contribution in [3.8, 4) is 0 Å². The summed E-state index contributed by atoms with van der Waals surface area (Å²) < 4.78 is 0. The molecule has 0 atom stereocenters. The number of hydrogen-bond acceptors (Lipinski definition) is 2. The lowest BCUT2D eigenvalue weighted by Gasteiger charge is -2.27. The highest BCUT2D eigenvalue weighted by Gasteiger charge is 2.36. The molecule has 1 aliphatic rings. The lowest BCUT2D eigenvalue weighted by molar-refractivity contribution is -0.116. The highest BCUT2D eigenvalue weighted by Crippen LogP contribution is 2.42. The van der Waals surface area contributed by atoms with Gasteiger partial charge >= 0.3 is 0 Å². The minimum atomic E-state index is -0.0668. The van der Waals surface area contributed by atoms with Crippen LogP contribution in [-0.2, 0) is 10.2 Å². The molecule has 0 spiro atoms. The van der Waals surface area contributed by atoms with E-state index in [1.165, 1.54) is 36.6 Å². The fourth-order valence-corrected chi connectivity index (χ4v) is 3.46. The molecule has 3 heteroatoms. The number of carbonyl (C=O) groups is 1. The Balaban J connectivity index is 2.10. The summed E-state index contributed by atoms with van der Waals surface area (Å²) in [6.45, 7) is 4.23. The average molecular weight is 235 g/mol. The molecule has 16 heavy (non-hydrogen) atoms. The van der Waals surface area contributed by atoms with E-state index < -0.39 is 0 Å². The number of amides is 1. The molecule has 1 heterocycles. The summed E-state index contributed by atoms with van der Waals surface area (Å²) in [4.78, 5) is 12.7. The third kappa shape index (κ3) is 2.19. The van der Waals surface area contributed by atoms with Gasteiger partial charge in [-0.15, -0.1) is 11.3 Å². The standard InChI is InChI=1S/C13H17NOS/c1-2-12(15)14-10-13(7-3-4-8-13)11-6-5-9-16-11/h2,5-6,9H,1,3-4,7-8,10H2,(H,14,15). The van der Waals surface area contributed by atoms with Gasteiger partial charge in [0.1, 0.15) is 0 Å². The molecule has 1 fully saturated rings. The van der Waals surface area contributed by atoms with E-state index in [4.69, 9.17) is 0 Å². The maximum atomic E-state index is 11.3. The quantitative estimate of drug-likeness (QED) is 0.799. The van der Waals surface area contributed by atoms with E-state index in [1.807, 2.05) is 0 Å². The number of carbonyl (C=O) groups excluding carboxylic acids is 1. The summed E-state index contributed by atoms with van der Waals surface area (Å²) in [7, 11) is 0. The fourth-order valence-electron chi connectivity index (χ4n) is 2.47. The molecule has 0 saturated heterocycles. The first-order valence-electron chi connectivity index (χ1n) is 5.71. The van der Waals surface area contributed by atoms with Crippen molar-refractivity contribution in [3.63, 3.8) is 0 Å². The SMILES string of the molecule is C=CC(=O)NCC1(c2cccs2)CCCC1. The molecule has 86 valence electrons. The molecule has 1 amide bonds. The van der Waals surface area contributed by atoms with Crippen LogP contribution in [0.2, 0.25) is 0 Å².